The fourth-order valence-electron chi connectivity index (χ4n) is 2.08. The van der Waals surface area contributed by atoms with Crippen molar-refractivity contribution in [3.8, 4) is 0 Å². The van der Waals surface area contributed by atoms with Crippen LogP contribution in [0.4, 0.5) is 0 Å². The van der Waals surface area contributed by atoms with E-state index in [1.807, 2.05) is 4.98 Å². The smallest absolute Gasteiger partial charge is 0.330 e. The lowest BCUT2D eigenvalue weighted by atomic mass is 10.1. The molecule has 1 aliphatic rings. The highest BCUT2D eigenvalue weighted by atomic mass is 16.6. The number of rotatable bonds is 4. The fourth-order valence-corrected chi connectivity index (χ4v) is 2.08. The predicted molar refractivity (Wildman–Crippen MR) is 71.0 cm³/mol. The zero-order valence-corrected chi connectivity index (χ0v) is 11.1. The highest BCUT2D eigenvalue weighted by Crippen LogP contribution is 2.27. The van der Waals surface area contributed by atoms with Gasteiger partial charge in [-0.15, -0.1) is 0 Å². The van der Waals surface area contributed by atoms with Crippen molar-refractivity contribution in [2.24, 2.45) is 0 Å². The number of ether oxygens (including phenoxy) is 1. The molecule has 10 heteroatoms. The Kier molecular flexibility index (Phi) is 4.56. The van der Waals surface area contributed by atoms with Gasteiger partial charge in [0.15, 0.2) is 6.23 Å². The van der Waals surface area contributed by atoms with Gasteiger partial charge in [0.25, 0.3) is 5.56 Å². The van der Waals surface area contributed by atoms with Crippen molar-refractivity contribution in [3.63, 3.8) is 0 Å². The van der Waals surface area contributed by atoms with Gasteiger partial charge in [-0.25, -0.2) is 9.59 Å². The number of aromatic amines is 1. The molecule has 0 bridgehead atoms. The van der Waals surface area contributed by atoms with Crippen LogP contribution in [-0.4, -0.2) is 60.9 Å². The molecule has 0 spiro atoms. The number of nitrogens with one attached hydrogen (secondary N) is 1. The first kappa shape index (κ1) is 16.1. The third-order valence-electron chi connectivity index (χ3n) is 3.19. The maximum Gasteiger partial charge on any atom is 0.330 e. The lowest BCUT2D eigenvalue weighted by molar-refractivity contribution is -0.131. The molecule has 1 aromatic heterocycles. The molecule has 4 atom stereocenters. The second-order valence-corrected chi connectivity index (χ2v) is 4.65. The van der Waals surface area contributed by atoms with Crippen LogP contribution in [0.5, 0.6) is 0 Å². The Balaban J connectivity index is 2.44. The number of carbonyl (C=O) groups is 1. The number of aliphatic hydroxyl groups is 3. The van der Waals surface area contributed by atoms with Gasteiger partial charge in [-0.05, 0) is 6.08 Å². The van der Waals surface area contributed by atoms with E-state index in [0.717, 1.165) is 16.8 Å². The lowest BCUT2D eigenvalue weighted by Gasteiger charge is -2.17. The molecule has 2 rings (SSSR count). The average Bonchev–Trinajstić information content (AvgIpc) is 2.74. The van der Waals surface area contributed by atoms with Gasteiger partial charge in [0, 0.05) is 12.3 Å². The minimum Gasteiger partial charge on any atom is -0.478 e. The summed E-state index contributed by atoms with van der Waals surface area (Å²) in [4.78, 5) is 35.8. The number of carboxylic acid groups (broad SMARTS) is 1. The molecule has 1 fully saturated rings. The molecule has 0 saturated carbocycles. The van der Waals surface area contributed by atoms with Crippen molar-refractivity contribution in [2.75, 3.05) is 6.61 Å². The van der Waals surface area contributed by atoms with E-state index in [1.54, 1.807) is 0 Å². The van der Waals surface area contributed by atoms with Gasteiger partial charge in [0.1, 0.15) is 18.3 Å². The fraction of sp³-hybridized carbons (Fsp3) is 0.417. The summed E-state index contributed by atoms with van der Waals surface area (Å²) in [5.41, 5.74) is -1.88. The van der Waals surface area contributed by atoms with Crippen LogP contribution in [0.15, 0.2) is 21.9 Å². The Labute approximate surface area is 122 Å². The normalized spacial score (nSPS) is 28.3. The molecular weight excluding hydrogens is 300 g/mol. The van der Waals surface area contributed by atoms with Crippen LogP contribution in [0.1, 0.15) is 11.8 Å². The molecule has 0 aromatic carbocycles. The Bertz CT molecular complexity index is 706. The Morgan fingerprint density at radius 2 is 2.05 bits per heavy atom. The first-order valence-electron chi connectivity index (χ1n) is 6.24. The third kappa shape index (κ3) is 2.99. The van der Waals surface area contributed by atoms with Crippen LogP contribution in [0.25, 0.3) is 6.08 Å². The number of aromatic nitrogens is 2. The molecule has 120 valence electrons. The van der Waals surface area contributed by atoms with E-state index in [9.17, 15) is 24.6 Å². The van der Waals surface area contributed by atoms with Crippen LogP contribution < -0.4 is 11.2 Å². The van der Waals surface area contributed by atoms with E-state index in [2.05, 4.69) is 0 Å². The summed E-state index contributed by atoms with van der Waals surface area (Å²) in [6.45, 7) is -0.571. The predicted octanol–water partition coefficient (Wildman–Crippen LogP) is -2.75. The molecule has 5 N–H and O–H groups in total. The molecule has 0 aliphatic carbocycles. The van der Waals surface area contributed by atoms with Crippen LogP contribution >= 0.6 is 0 Å². The van der Waals surface area contributed by atoms with E-state index in [4.69, 9.17) is 14.9 Å². The minimum atomic E-state index is -1.50. The van der Waals surface area contributed by atoms with Crippen LogP contribution in [0, 0.1) is 0 Å². The van der Waals surface area contributed by atoms with Crippen molar-refractivity contribution >= 4 is 12.0 Å². The summed E-state index contributed by atoms with van der Waals surface area (Å²) in [6.07, 6.45) is -2.65. The minimum absolute atomic E-state index is 0.153. The van der Waals surface area contributed by atoms with E-state index < -0.39 is 48.4 Å². The number of hydrogen-bond donors (Lipinski definition) is 5. The van der Waals surface area contributed by atoms with Gasteiger partial charge in [-0.2, -0.15) is 0 Å². The summed E-state index contributed by atoms with van der Waals surface area (Å²) in [5.74, 6) is -1.29. The van der Waals surface area contributed by atoms with Crippen LogP contribution in [0.3, 0.4) is 0 Å². The third-order valence-corrected chi connectivity index (χ3v) is 3.19. The van der Waals surface area contributed by atoms with Crippen molar-refractivity contribution < 1.29 is 30.0 Å². The Hall–Kier alpha value is -2.27. The number of aliphatic carboxylic acids is 1. The monoisotopic (exact) mass is 314 g/mol. The molecule has 0 amide bonds. The number of nitrogens with zero attached hydrogens (tertiary/aromatic N) is 1. The van der Waals surface area contributed by atoms with E-state index in [0.29, 0.717) is 6.08 Å². The van der Waals surface area contributed by atoms with Crippen molar-refractivity contribution in [3.05, 3.63) is 38.7 Å². The maximum absolute atomic E-state index is 11.8. The molecule has 1 aliphatic heterocycles. The van der Waals surface area contributed by atoms with Gasteiger partial charge in [-0.3, -0.25) is 14.3 Å². The highest BCUT2D eigenvalue weighted by Gasteiger charge is 2.43. The van der Waals surface area contributed by atoms with E-state index in [-0.39, 0.29) is 5.56 Å². The summed E-state index contributed by atoms with van der Waals surface area (Å²) in [6, 6.07) is 0. The molecule has 2 heterocycles. The average molecular weight is 314 g/mol. The molecule has 4 unspecified atom stereocenters. The second kappa shape index (κ2) is 6.23. The van der Waals surface area contributed by atoms with Crippen LogP contribution in [-0.2, 0) is 9.53 Å². The first-order valence-corrected chi connectivity index (χ1v) is 6.24. The lowest BCUT2D eigenvalue weighted by Crippen LogP contribution is -2.38. The number of carboxylic acids is 1. The molecule has 0 radical (unpaired) electrons. The van der Waals surface area contributed by atoms with E-state index in [1.165, 1.54) is 0 Å². The maximum atomic E-state index is 11.8. The summed E-state index contributed by atoms with van der Waals surface area (Å²) in [7, 11) is 0. The van der Waals surface area contributed by atoms with Gasteiger partial charge < -0.3 is 25.2 Å². The number of aliphatic hydroxyl groups excluding tert-OH is 3. The first-order chi connectivity index (χ1) is 10.3. The largest absolute Gasteiger partial charge is 0.478 e. The Morgan fingerprint density at radius 3 is 2.59 bits per heavy atom. The highest BCUT2D eigenvalue weighted by molar-refractivity contribution is 5.85. The van der Waals surface area contributed by atoms with Gasteiger partial charge in [0.05, 0.1) is 12.2 Å². The molecule has 10 nitrogen and oxygen atoms in total. The SMILES string of the molecule is O=C(O)/C=C/c1cn(C2OC(CO)C(O)C2O)c(=O)[nH]c1=O. The van der Waals surface area contributed by atoms with Crippen molar-refractivity contribution in [1.82, 2.24) is 9.55 Å². The Morgan fingerprint density at radius 1 is 1.36 bits per heavy atom. The number of H-pyrrole nitrogens is 1. The standard InChI is InChI=1S/C12H14N2O8/c15-4-6-8(18)9(19)11(22-6)14-3-5(1-2-7(16)17)10(20)13-12(14)21/h1-3,6,8-9,11,15,18-19H,4H2,(H,16,17)(H,13,20,21)/b2-1+. The summed E-state index contributed by atoms with van der Waals surface area (Å²) >= 11 is 0. The molecule has 1 saturated heterocycles. The molecular formula is C12H14N2O8. The van der Waals surface area contributed by atoms with Crippen molar-refractivity contribution in [2.45, 2.75) is 24.5 Å². The van der Waals surface area contributed by atoms with Crippen LogP contribution in [0.2, 0.25) is 0 Å². The molecule has 1 aromatic rings. The zero-order chi connectivity index (χ0) is 16.4. The topological polar surface area (TPSA) is 162 Å². The van der Waals surface area contributed by atoms with E-state index >= 15 is 0 Å². The zero-order valence-electron chi connectivity index (χ0n) is 11.1. The van der Waals surface area contributed by atoms with Crippen molar-refractivity contribution in [1.29, 1.82) is 0 Å². The molecule has 22 heavy (non-hydrogen) atoms. The number of hydrogen-bond acceptors (Lipinski definition) is 7. The van der Waals surface area contributed by atoms with Gasteiger partial charge >= 0.3 is 11.7 Å². The van der Waals surface area contributed by atoms with Gasteiger partial charge in [0.2, 0.25) is 0 Å². The summed E-state index contributed by atoms with van der Waals surface area (Å²) in [5, 5.41) is 37.1. The summed E-state index contributed by atoms with van der Waals surface area (Å²) < 4.78 is 5.98. The van der Waals surface area contributed by atoms with Gasteiger partial charge in [-0.1, -0.05) is 0 Å². The quantitative estimate of drug-likeness (QED) is 0.373. The second-order valence-electron chi connectivity index (χ2n) is 4.65.